The third kappa shape index (κ3) is 3.45. The van der Waals surface area contributed by atoms with E-state index in [0.717, 1.165) is 4.57 Å². The Labute approximate surface area is 142 Å². The van der Waals surface area contributed by atoms with E-state index in [1.807, 2.05) is 0 Å². The average molecular weight is 339 g/mol. The summed E-state index contributed by atoms with van der Waals surface area (Å²) in [5.74, 6) is 0.223. The van der Waals surface area contributed by atoms with Crippen molar-refractivity contribution in [3.63, 3.8) is 0 Å². The number of ether oxygens (including phenoxy) is 1. The Hall–Kier alpha value is -3.35. The fraction of sp³-hybridized carbons (Fsp3) is 0.167. The number of H-pyrrole nitrogens is 1. The molecule has 0 saturated heterocycles. The Morgan fingerprint density at radius 2 is 1.84 bits per heavy atom. The van der Waals surface area contributed by atoms with Crippen molar-refractivity contribution < 1.29 is 9.53 Å². The number of aromatic nitrogens is 2. The molecule has 25 heavy (non-hydrogen) atoms. The van der Waals surface area contributed by atoms with Crippen molar-refractivity contribution >= 4 is 22.5 Å². The van der Waals surface area contributed by atoms with E-state index in [0.29, 0.717) is 22.3 Å². The van der Waals surface area contributed by atoms with Crippen LogP contribution in [0.25, 0.3) is 10.9 Å². The zero-order chi connectivity index (χ0) is 17.8. The van der Waals surface area contributed by atoms with Gasteiger partial charge in [0.15, 0.2) is 0 Å². The van der Waals surface area contributed by atoms with E-state index in [2.05, 4.69) is 10.3 Å². The van der Waals surface area contributed by atoms with E-state index in [9.17, 15) is 14.4 Å². The van der Waals surface area contributed by atoms with E-state index < -0.39 is 11.2 Å². The molecule has 0 spiro atoms. The maximum Gasteiger partial charge on any atom is 0.328 e. The first-order valence-corrected chi connectivity index (χ1v) is 7.75. The lowest BCUT2D eigenvalue weighted by Crippen LogP contribution is -2.36. The normalized spacial score (nSPS) is 10.6. The zero-order valence-electron chi connectivity index (χ0n) is 13.6. The summed E-state index contributed by atoms with van der Waals surface area (Å²) in [6.07, 6.45) is -0.0145. The number of nitrogens with zero attached hydrogens (tertiary/aromatic N) is 1. The molecule has 7 heteroatoms. The van der Waals surface area contributed by atoms with E-state index in [4.69, 9.17) is 4.74 Å². The molecular weight excluding hydrogens is 322 g/mol. The summed E-state index contributed by atoms with van der Waals surface area (Å²) < 4.78 is 6.20. The predicted molar refractivity (Wildman–Crippen MR) is 95.1 cm³/mol. The Kier molecular flexibility index (Phi) is 4.65. The molecular formula is C18H17N3O4. The Morgan fingerprint density at radius 3 is 2.64 bits per heavy atom. The molecule has 0 fully saturated rings. The van der Waals surface area contributed by atoms with Crippen LogP contribution in [0.5, 0.6) is 5.75 Å². The van der Waals surface area contributed by atoms with Crippen LogP contribution >= 0.6 is 0 Å². The second kappa shape index (κ2) is 7.04. The number of nitrogens with one attached hydrogen (secondary N) is 2. The van der Waals surface area contributed by atoms with Gasteiger partial charge in [0.05, 0.1) is 23.7 Å². The van der Waals surface area contributed by atoms with Gasteiger partial charge in [0, 0.05) is 13.0 Å². The highest BCUT2D eigenvalue weighted by atomic mass is 16.5. The monoisotopic (exact) mass is 339 g/mol. The van der Waals surface area contributed by atoms with Crippen LogP contribution in [-0.2, 0) is 11.3 Å². The van der Waals surface area contributed by atoms with E-state index in [1.165, 1.54) is 7.11 Å². The molecule has 0 radical (unpaired) electrons. The zero-order valence-corrected chi connectivity index (χ0v) is 13.6. The maximum absolute atomic E-state index is 12.4. The summed E-state index contributed by atoms with van der Waals surface area (Å²) in [6, 6.07) is 13.8. The van der Waals surface area contributed by atoms with Gasteiger partial charge in [0.25, 0.3) is 5.56 Å². The van der Waals surface area contributed by atoms with Crippen LogP contribution in [0.15, 0.2) is 58.1 Å². The Bertz CT molecular complexity index is 1040. The number of benzene rings is 2. The molecule has 0 bridgehead atoms. The number of fused-ring (bicyclic) bond motifs is 1. The first kappa shape index (κ1) is 16.5. The minimum Gasteiger partial charge on any atom is -0.495 e. The first-order chi connectivity index (χ1) is 12.1. The number of carbonyl (C=O) groups is 1. The van der Waals surface area contributed by atoms with Crippen molar-refractivity contribution in [2.75, 3.05) is 12.4 Å². The van der Waals surface area contributed by atoms with Gasteiger partial charge in [-0.05, 0) is 24.3 Å². The van der Waals surface area contributed by atoms with Gasteiger partial charge in [-0.2, -0.15) is 0 Å². The van der Waals surface area contributed by atoms with Crippen LogP contribution in [-0.4, -0.2) is 22.6 Å². The summed E-state index contributed by atoms with van der Waals surface area (Å²) in [7, 11) is 1.51. The molecule has 128 valence electrons. The average Bonchev–Trinajstić information content (AvgIpc) is 2.62. The molecule has 3 aromatic rings. The minimum absolute atomic E-state index is 0.0139. The third-order valence-electron chi connectivity index (χ3n) is 3.83. The van der Waals surface area contributed by atoms with Gasteiger partial charge < -0.3 is 15.0 Å². The summed E-state index contributed by atoms with van der Waals surface area (Å²) in [4.78, 5) is 39.3. The van der Waals surface area contributed by atoms with Gasteiger partial charge in [-0.25, -0.2) is 4.79 Å². The highest BCUT2D eigenvalue weighted by Gasteiger charge is 2.11. The smallest absolute Gasteiger partial charge is 0.328 e. The number of hydrogen-bond donors (Lipinski definition) is 2. The first-order valence-electron chi connectivity index (χ1n) is 7.75. The second-order valence-electron chi connectivity index (χ2n) is 5.43. The lowest BCUT2D eigenvalue weighted by molar-refractivity contribution is -0.116. The molecule has 3 rings (SSSR count). The molecule has 0 unspecified atom stereocenters. The number of amides is 1. The molecule has 2 aromatic carbocycles. The number of methoxy groups -OCH3 is 1. The van der Waals surface area contributed by atoms with Crippen molar-refractivity contribution in [1.29, 1.82) is 0 Å². The summed E-state index contributed by atoms with van der Waals surface area (Å²) in [5, 5.41) is 3.13. The lowest BCUT2D eigenvalue weighted by atomic mass is 10.2. The molecule has 0 atom stereocenters. The number of anilines is 1. The van der Waals surface area contributed by atoms with Crippen LogP contribution in [0.1, 0.15) is 6.42 Å². The van der Waals surface area contributed by atoms with Crippen molar-refractivity contribution in [3.8, 4) is 5.75 Å². The maximum atomic E-state index is 12.4. The molecule has 0 saturated carbocycles. The molecule has 1 aromatic heterocycles. The van der Waals surface area contributed by atoms with Gasteiger partial charge in [-0.15, -0.1) is 0 Å². The Balaban J connectivity index is 1.78. The van der Waals surface area contributed by atoms with E-state index >= 15 is 0 Å². The van der Waals surface area contributed by atoms with Gasteiger partial charge in [-0.3, -0.25) is 14.2 Å². The standard InChI is InChI=1S/C18H17N3O4/c1-25-15-9-5-4-8-14(15)19-16(22)10-11-21-17(23)12-6-2-3-7-13(12)20-18(21)24/h2-9H,10-11H2,1H3,(H,19,22)(H,20,24). The topological polar surface area (TPSA) is 93.2 Å². The van der Waals surface area contributed by atoms with Crippen LogP contribution in [0.4, 0.5) is 5.69 Å². The fourth-order valence-corrected chi connectivity index (χ4v) is 2.58. The van der Waals surface area contributed by atoms with E-state index in [1.54, 1.807) is 48.5 Å². The van der Waals surface area contributed by atoms with Crippen molar-refractivity contribution in [1.82, 2.24) is 9.55 Å². The quantitative estimate of drug-likeness (QED) is 0.740. The number of aromatic amines is 1. The van der Waals surface area contributed by atoms with Crippen molar-refractivity contribution in [3.05, 3.63) is 69.4 Å². The van der Waals surface area contributed by atoms with Gasteiger partial charge in [0.1, 0.15) is 5.75 Å². The van der Waals surface area contributed by atoms with Crippen LogP contribution in [0.2, 0.25) is 0 Å². The molecule has 7 nitrogen and oxygen atoms in total. The molecule has 1 heterocycles. The van der Waals surface area contributed by atoms with Gasteiger partial charge >= 0.3 is 5.69 Å². The SMILES string of the molecule is COc1ccccc1NC(=O)CCn1c(=O)[nH]c2ccccc2c1=O. The number of para-hydroxylation sites is 3. The van der Waals surface area contributed by atoms with E-state index in [-0.39, 0.29) is 18.9 Å². The molecule has 0 aliphatic rings. The van der Waals surface area contributed by atoms with Gasteiger partial charge in [-0.1, -0.05) is 24.3 Å². The van der Waals surface area contributed by atoms with Crippen LogP contribution in [0, 0.1) is 0 Å². The van der Waals surface area contributed by atoms with Crippen LogP contribution < -0.4 is 21.3 Å². The summed E-state index contributed by atoms with van der Waals surface area (Å²) >= 11 is 0. The van der Waals surface area contributed by atoms with Gasteiger partial charge in [0.2, 0.25) is 5.91 Å². The fourth-order valence-electron chi connectivity index (χ4n) is 2.58. The number of carbonyl (C=O) groups excluding carboxylic acids is 1. The molecule has 1 amide bonds. The third-order valence-corrected chi connectivity index (χ3v) is 3.83. The Morgan fingerprint density at radius 1 is 1.12 bits per heavy atom. The molecule has 2 N–H and O–H groups in total. The minimum atomic E-state index is -0.534. The molecule has 0 aliphatic heterocycles. The summed E-state index contributed by atoms with van der Waals surface area (Å²) in [6.45, 7) is -0.0139. The number of hydrogen-bond acceptors (Lipinski definition) is 4. The van der Waals surface area contributed by atoms with Crippen molar-refractivity contribution in [2.24, 2.45) is 0 Å². The highest BCUT2D eigenvalue weighted by molar-refractivity contribution is 5.92. The number of rotatable bonds is 5. The lowest BCUT2D eigenvalue weighted by Gasteiger charge is -2.10. The highest BCUT2D eigenvalue weighted by Crippen LogP contribution is 2.23. The predicted octanol–water partition coefficient (Wildman–Crippen LogP) is 1.73. The van der Waals surface area contributed by atoms with Crippen molar-refractivity contribution in [2.45, 2.75) is 13.0 Å². The second-order valence-corrected chi connectivity index (χ2v) is 5.43. The van der Waals surface area contributed by atoms with Crippen LogP contribution in [0.3, 0.4) is 0 Å². The summed E-state index contributed by atoms with van der Waals surface area (Å²) in [5.41, 5.74) is 0.0697. The molecule has 0 aliphatic carbocycles. The largest absolute Gasteiger partial charge is 0.495 e.